The fraction of sp³-hybridized carbons (Fsp3) is 0.350. The van der Waals surface area contributed by atoms with Crippen molar-refractivity contribution < 1.29 is 9.53 Å². The maximum absolute atomic E-state index is 12.3. The molecule has 0 bridgehead atoms. The fourth-order valence-corrected chi connectivity index (χ4v) is 3.56. The highest BCUT2D eigenvalue weighted by atomic mass is 16.5. The minimum absolute atomic E-state index is 0.0289. The third-order valence-electron chi connectivity index (χ3n) is 5.17. The first-order valence-corrected chi connectivity index (χ1v) is 8.74. The van der Waals surface area contributed by atoms with Crippen molar-refractivity contribution >= 4 is 11.7 Å². The van der Waals surface area contributed by atoms with E-state index in [4.69, 9.17) is 4.74 Å². The summed E-state index contributed by atoms with van der Waals surface area (Å²) in [5, 5.41) is 2.95. The van der Waals surface area contributed by atoms with Crippen LogP contribution in [0.4, 0.5) is 10.5 Å². The summed E-state index contributed by atoms with van der Waals surface area (Å²) in [5.41, 5.74) is 3.68. The fourth-order valence-electron chi connectivity index (χ4n) is 3.56. The number of rotatable bonds is 3. The number of hydrogen-bond donors (Lipinski definition) is 1. The molecule has 5 heteroatoms. The Labute approximate surface area is 148 Å². The Bertz CT molecular complexity index is 754. The van der Waals surface area contributed by atoms with E-state index in [9.17, 15) is 4.79 Å². The first-order chi connectivity index (χ1) is 12.2. The lowest BCUT2D eigenvalue weighted by atomic mass is 9.97. The number of methoxy groups -OCH3 is 1. The predicted octanol–water partition coefficient (Wildman–Crippen LogP) is 2.97. The number of benzene rings is 2. The molecular formula is C20H23N3O2. The molecule has 2 aliphatic rings. The molecule has 0 unspecified atom stereocenters. The zero-order valence-electron chi connectivity index (χ0n) is 14.4. The normalized spacial score (nSPS) is 17.6. The first-order valence-electron chi connectivity index (χ1n) is 8.74. The van der Waals surface area contributed by atoms with Crippen LogP contribution < -0.4 is 10.1 Å². The molecule has 0 saturated carbocycles. The molecule has 25 heavy (non-hydrogen) atoms. The molecule has 2 heterocycles. The van der Waals surface area contributed by atoms with Crippen LogP contribution in [0.1, 0.15) is 11.1 Å². The van der Waals surface area contributed by atoms with Gasteiger partial charge in [-0.3, -0.25) is 4.90 Å². The number of nitrogens with one attached hydrogen (secondary N) is 1. The predicted molar refractivity (Wildman–Crippen MR) is 97.9 cm³/mol. The van der Waals surface area contributed by atoms with Gasteiger partial charge in [0.1, 0.15) is 5.75 Å². The monoisotopic (exact) mass is 337 g/mol. The highest BCUT2D eigenvalue weighted by molar-refractivity contribution is 5.90. The summed E-state index contributed by atoms with van der Waals surface area (Å²) in [6.07, 6.45) is 1.10. The Balaban J connectivity index is 1.29. The van der Waals surface area contributed by atoms with Gasteiger partial charge >= 0.3 is 6.03 Å². The standard InChI is InChI=1S/C20H23N3O2/c1-25-19-8-6-17(7-9-19)21-20(24)23-13-18(14-23)22-11-10-15-4-2-3-5-16(15)12-22/h2-9,18H,10-14H2,1H3,(H,21,24). The highest BCUT2D eigenvalue weighted by Crippen LogP contribution is 2.25. The van der Waals surface area contributed by atoms with Crippen LogP contribution in [-0.4, -0.2) is 48.6 Å². The Morgan fingerprint density at radius 3 is 2.52 bits per heavy atom. The van der Waals surface area contributed by atoms with E-state index >= 15 is 0 Å². The van der Waals surface area contributed by atoms with E-state index in [0.717, 1.165) is 44.0 Å². The van der Waals surface area contributed by atoms with Crippen molar-refractivity contribution in [3.8, 4) is 5.75 Å². The third kappa shape index (κ3) is 3.33. The van der Waals surface area contributed by atoms with Gasteiger partial charge < -0.3 is 15.0 Å². The molecule has 0 atom stereocenters. The summed E-state index contributed by atoms with van der Waals surface area (Å²) < 4.78 is 5.13. The van der Waals surface area contributed by atoms with E-state index in [-0.39, 0.29) is 6.03 Å². The second kappa shape index (κ2) is 6.76. The van der Waals surface area contributed by atoms with Crippen LogP contribution in [0.3, 0.4) is 0 Å². The van der Waals surface area contributed by atoms with Crippen LogP contribution in [0.2, 0.25) is 0 Å². The number of ether oxygens (including phenoxy) is 1. The second-order valence-electron chi connectivity index (χ2n) is 6.71. The van der Waals surface area contributed by atoms with Gasteiger partial charge in [-0.25, -0.2) is 4.79 Å². The molecule has 1 fully saturated rings. The molecule has 2 aliphatic heterocycles. The van der Waals surface area contributed by atoms with Crippen LogP contribution in [0.15, 0.2) is 48.5 Å². The zero-order chi connectivity index (χ0) is 17.2. The van der Waals surface area contributed by atoms with Crippen molar-refractivity contribution in [1.82, 2.24) is 9.80 Å². The molecule has 2 aromatic carbocycles. The van der Waals surface area contributed by atoms with Crippen LogP contribution in [0.25, 0.3) is 0 Å². The van der Waals surface area contributed by atoms with Gasteiger partial charge in [0.15, 0.2) is 0 Å². The van der Waals surface area contributed by atoms with Crippen molar-refractivity contribution in [2.24, 2.45) is 0 Å². The lowest BCUT2D eigenvalue weighted by Gasteiger charge is -2.46. The number of hydrogen-bond acceptors (Lipinski definition) is 3. The molecule has 130 valence electrons. The number of likely N-dealkylation sites (tertiary alicyclic amines) is 1. The van der Waals surface area contributed by atoms with Gasteiger partial charge in [-0.1, -0.05) is 24.3 Å². The number of carbonyl (C=O) groups is 1. The van der Waals surface area contributed by atoms with E-state index in [1.807, 2.05) is 29.2 Å². The SMILES string of the molecule is COc1ccc(NC(=O)N2CC(N3CCc4ccccc4C3)C2)cc1. The Kier molecular flexibility index (Phi) is 4.32. The number of carbonyl (C=O) groups excluding carboxylic acids is 1. The molecule has 0 aliphatic carbocycles. The van der Waals surface area contributed by atoms with Gasteiger partial charge in [-0.2, -0.15) is 0 Å². The minimum atomic E-state index is -0.0289. The van der Waals surface area contributed by atoms with Crippen LogP contribution in [0, 0.1) is 0 Å². The van der Waals surface area contributed by atoms with Crippen LogP contribution in [0.5, 0.6) is 5.75 Å². The molecule has 2 aromatic rings. The number of fused-ring (bicyclic) bond motifs is 1. The van der Waals surface area contributed by atoms with Crippen LogP contribution in [-0.2, 0) is 13.0 Å². The first kappa shape index (κ1) is 16.0. The lowest BCUT2D eigenvalue weighted by molar-refractivity contribution is 0.0528. The molecule has 0 radical (unpaired) electrons. The number of anilines is 1. The molecule has 1 N–H and O–H groups in total. The molecule has 4 rings (SSSR count). The Morgan fingerprint density at radius 2 is 1.80 bits per heavy atom. The lowest BCUT2D eigenvalue weighted by Crippen LogP contribution is -2.62. The average Bonchev–Trinajstić information content (AvgIpc) is 2.61. The van der Waals surface area contributed by atoms with Crippen molar-refractivity contribution in [1.29, 1.82) is 0 Å². The van der Waals surface area contributed by atoms with Gasteiger partial charge in [-0.15, -0.1) is 0 Å². The van der Waals surface area contributed by atoms with Gasteiger partial charge in [0.25, 0.3) is 0 Å². The van der Waals surface area contributed by atoms with E-state index in [1.165, 1.54) is 11.1 Å². The van der Waals surface area contributed by atoms with Crippen LogP contribution >= 0.6 is 0 Å². The van der Waals surface area contributed by atoms with E-state index in [2.05, 4.69) is 34.5 Å². The molecule has 1 saturated heterocycles. The molecule has 0 spiro atoms. The number of nitrogens with zero attached hydrogens (tertiary/aromatic N) is 2. The van der Waals surface area contributed by atoms with Gasteiger partial charge in [0.05, 0.1) is 7.11 Å². The van der Waals surface area contributed by atoms with E-state index in [1.54, 1.807) is 7.11 Å². The third-order valence-corrected chi connectivity index (χ3v) is 5.17. The summed E-state index contributed by atoms with van der Waals surface area (Å²) >= 11 is 0. The van der Waals surface area contributed by atoms with Gasteiger partial charge in [0.2, 0.25) is 0 Å². The van der Waals surface area contributed by atoms with E-state index in [0.29, 0.717) is 6.04 Å². The summed E-state index contributed by atoms with van der Waals surface area (Å²) in [6.45, 7) is 3.67. The largest absolute Gasteiger partial charge is 0.497 e. The summed E-state index contributed by atoms with van der Waals surface area (Å²) in [6, 6.07) is 16.5. The number of amides is 2. The summed E-state index contributed by atoms with van der Waals surface area (Å²) in [5.74, 6) is 0.785. The maximum Gasteiger partial charge on any atom is 0.321 e. The maximum atomic E-state index is 12.3. The topological polar surface area (TPSA) is 44.8 Å². The van der Waals surface area contributed by atoms with E-state index < -0.39 is 0 Å². The minimum Gasteiger partial charge on any atom is -0.497 e. The molecule has 2 amide bonds. The second-order valence-corrected chi connectivity index (χ2v) is 6.71. The molecule has 5 nitrogen and oxygen atoms in total. The van der Waals surface area contributed by atoms with Gasteiger partial charge in [0, 0.05) is 37.9 Å². The van der Waals surface area contributed by atoms with Crippen molar-refractivity contribution in [2.45, 2.75) is 19.0 Å². The average molecular weight is 337 g/mol. The summed E-state index contributed by atoms with van der Waals surface area (Å²) in [4.78, 5) is 16.7. The quantitative estimate of drug-likeness (QED) is 0.936. The smallest absolute Gasteiger partial charge is 0.321 e. The van der Waals surface area contributed by atoms with Gasteiger partial charge in [-0.05, 0) is 41.8 Å². The molecular weight excluding hydrogens is 314 g/mol. The summed E-state index contributed by atoms with van der Waals surface area (Å²) in [7, 11) is 1.63. The molecule has 0 aromatic heterocycles. The Hall–Kier alpha value is -2.53. The zero-order valence-corrected chi connectivity index (χ0v) is 14.4. The Morgan fingerprint density at radius 1 is 1.08 bits per heavy atom. The van der Waals surface area contributed by atoms with Crippen molar-refractivity contribution in [2.75, 3.05) is 32.1 Å². The number of urea groups is 1. The van der Waals surface area contributed by atoms with Crippen molar-refractivity contribution in [3.05, 3.63) is 59.7 Å². The highest BCUT2D eigenvalue weighted by Gasteiger charge is 2.35. The van der Waals surface area contributed by atoms with Crippen molar-refractivity contribution in [3.63, 3.8) is 0 Å².